The van der Waals surface area contributed by atoms with Gasteiger partial charge < -0.3 is 10.8 Å². The van der Waals surface area contributed by atoms with E-state index in [2.05, 4.69) is 19.9 Å². The molecule has 4 heteroatoms. The van der Waals surface area contributed by atoms with Crippen LogP contribution in [0.15, 0.2) is 18.2 Å². The number of nitrogens with two attached hydrogens (primary N) is 1. The van der Waals surface area contributed by atoms with Crippen molar-refractivity contribution in [1.82, 2.24) is 0 Å². The van der Waals surface area contributed by atoms with Gasteiger partial charge in [-0.2, -0.15) is 0 Å². The summed E-state index contributed by atoms with van der Waals surface area (Å²) in [6.45, 7) is 6.89. The van der Waals surface area contributed by atoms with Gasteiger partial charge in [0, 0.05) is 16.3 Å². The van der Waals surface area contributed by atoms with Crippen LogP contribution in [-0.2, 0) is 19.4 Å². The van der Waals surface area contributed by atoms with Crippen LogP contribution < -0.4 is 5.73 Å². The predicted octanol–water partition coefficient (Wildman–Crippen LogP) is 4.40. The lowest BCUT2D eigenvalue weighted by Gasteiger charge is -2.29. The topological polar surface area (TPSA) is 63.3 Å². The minimum atomic E-state index is -0.820. The van der Waals surface area contributed by atoms with Gasteiger partial charge in [0.05, 0.1) is 5.56 Å². The van der Waals surface area contributed by atoms with Gasteiger partial charge in [-0.25, -0.2) is 4.79 Å². The number of carboxylic acid groups (broad SMARTS) is 1. The lowest BCUT2D eigenvalue weighted by Crippen LogP contribution is -2.22. The first-order chi connectivity index (χ1) is 10.8. The molecule has 0 saturated carbocycles. The predicted molar refractivity (Wildman–Crippen MR) is 95.1 cm³/mol. The molecule has 1 aliphatic carbocycles. The highest BCUT2D eigenvalue weighted by atomic mass is 32.1. The molecule has 0 saturated heterocycles. The van der Waals surface area contributed by atoms with Gasteiger partial charge >= 0.3 is 5.97 Å². The van der Waals surface area contributed by atoms with Crippen LogP contribution in [0.1, 0.15) is 52.2 Å². The average molecular weight is 329 g/mol. The zero-order valence-electron chi connectivity index (χ0n) is 13.9. The number of aromatic carboxylic acids is 1. The Morgan fingerprint density at radius 1 is 1.39 bits per heavy atom. The number of hydrogen-bond acceptors (Lipinski definition) is 3. The van der Waals surface area contributed by atoms with Gasteiger partial charge in [0.25, 0.3) is 0 Å². The molecule has 3 nitrogen and oxygen atoms in total. The largest absolute Gasteiger partial charge is 0.478 e. The summed E-state index contributed by atoms with van der Waals surface area (Å²) in [7, 11) is 0. The van der Waals surface area contributed by atoms with Crippen LogP contribution in [0.4, 0.5) is 0 Å². The molecule has 1 aliphatic rings. The molecule has 0 aliphatic heterocycles. The molecule has 0 fully saturated rings. The summed E-state index contributed by atoms with van der Waals surface area (Å²) in [5.74, 6) is -0.820. The van der Waals surface area contributed by atoms with Crippen molar-refractivity contribution in [3.8, 4) is 10.4 Å². The van der Waals surface area contributed by atoms with Crippen molar-refractivity contribution < 1.29 is 9.90 Å². The summed E-state index contributed by atoms with van der Waals surface area (Å²) in [5, 5.41) is 9.85. The second-order valence-corrected chi connectivity index (χ2v) is 8.32. The van der Waals surface area contributed by atoms with Crippen LogP contribution in [0.3, 0.4) is 0 Å². The molecule has 122 valence electrons. The fraction of sp³-hybridized carbons (Fsp3) is 0.421. The summed E-state index contributed by atoms with van der Waals surface area (Å²) >= 11 is 1.65. The normalized spacial score (nSPS) is 16.2. The molecule has 0 unspecified atom stereocenters. The number of hydrogen-bond donors (Lipinski definition) is 2. The molecule has 0 atom stereocenters. The third-order valence-corrected chi connectivity index (χ3v) is 6.04. The third kappa shape index (κ3) is 2.93. The molecular weight excluding hydrogens is 306 g/mol. The maximum Gasteiger partial charge on any atom is 0.337 e. The van der Waals surface area contributed by atoms with Crippen LogP contribution in [0.2, 0.25) is 0 Å². The van der Waals surface area contributed by atoms with E-state index in [1.165, 1.54) is 4.88 Å². The second-order valence-electron chi connectivity index (χ2n) is 7.22. The van der Waals surface area contributed by atoms with Crippen molar-refractivity contribution >= 4 is 17.3 Å². The van der Waals surface area contributed by atoms with Gasteiger partial charge in [-0.1, -0.05) is 37.6 Å². The molecule has 1 aromatic heterocycles. The number of aryl methyl sites for hydroxylation is 2. The summed E-state index contributed by atoms with van der Waals surface area (Å²) in [5.41, 5.74) is 10.7. The average Bonchev–Trinajstić information content (AvgIpc) is 2.84. The first kappa shape index (κ1) is 16.2. The van der Waals surface area contributed by atoms with Crippen LogP contribution in [-0.4, -0.2) is 11.1 Å². The third-order valence-electron chi connectivity index (χ3n) is 4.72. The maximum absolute atomic E-state index is 12.0. The van der Waals surface area contributed by atoms with E-state index in [4.69, 9.17) is 5.73 Å². The van der Waals surface area contributed by atoms with Crippen LogP contribution in [0, 0.1) is 12.3 Å². The van der Waals surface area contributed by atoms with Crippen LogP contribution >= 0.6 is 11.3 Å². The van der Waals surface area contributed by atoms with E-state index in [9.17, 15) is 9.90 Å². The summed E-state index contributed by atoms with van der Waals surface area (Å²) in [6.07, 6.45) is 2.91. The quantitative estimate of drug-likeness (QED) is 0.877. The standard InChI is InChI=1S/C19H23NO2S/c1-11-4-5-12(10-20)13(8-11)17-16(18(21)22)14-9-19(2,3)7-6-15(14)23-17/h4-5,8H,6-7,9-10,20H2,1-3H3,(H,21,22). The Morgan fingerprint density at radius 2 is 2.13 bits per heavy atom. The Labute approximate surface area is 141 Å². The molecule has 0 bridgehead atoms. The van der Waals surface area contributed by atoms with Crippen molar-refractivity contribution in [2.45, 2.75) is 46.6 Å². The van der Waals surface area contributed by atoms with E-state index >= 15 is 0 Å². The molecule has 2 aromatic rings. The lowest BCUT2D eigenvalue weighted by molar-refractivity contribution is 0.0696. The second kappa shape index (κ2) is 5.77. The van der Waals surface area contributed by atoms with Crippen molar-refractivity contribution in [3.05, 3.63) is 45.3 Å². The molecule has 0 radical (unpaired) electrons. The SMILES string of the molecule is Cc1ccc(CN)c(-c2sc3c(c2C(=O)O)CC(C)(C)CC3)c1. The van der Waals surface area contributed by atoms with E-state index < -0.39 is 5.97 Å². The monoisotopic (exact) mass is 329 g/mol. The highest BCUT2D eigenvalue weighted by Gasteiger charge is 2.33. The first-order valence-electron chi connectivity index (χ1n) is 8.00. The number of fused-ring (bicyclic) bond motifs is 1. The molecule has 3 N–H and O–H groups in total. The van der Waals surface area contributed by atoms with E-state index in [0.29, 0.717) is 12.1 Å². The number of thiophene rings is 1. The number of rotatable bonds is 3. The van der Waals surface area contributed by atoms with Gasteiger partial charge in [-0.15, -0.1) is 11.3 Å². The molecule has 3 rings (SSSR count). The molecule has 1 heterocycles. The Bertz CT molecular complexity index is 774. The molecular formula is C19H23NO2S. The highest BCUT2D eigenvalue weighted by Crippen LogP contribution is 2.45. The van der Waals surface area contributed by atoms with E-state index in [1.807, 2.05) is 19.1 Å². The lowest BCUT2D eigenvalue weighted by atomic mass is 9.76. The smallest absolute Gasteiger partial charge is 0.337 e. The van der Waals surface area contributed by atoms with Crippen LogP contribution in [0.25, 0.3) is 10.4 Å². The van der Waals surface area contributed by atoms with Crippen LogP contribution in [0.5, 0.6) is 0 Å². The Kier molecular flexibility index (Phi) is 4.07. The van der Waals surface area contributed by atoms with Gasteiger partial charge in [-0.05, 0) is 48.3 Å². The molecule has 0 amide bonds. The highest BCUT2D eigenvalue weighted by molar-refractivity contribution is 7.16. The van der Waals surface area contributed by atoms with Crippen molar-refractivity contribution in [3.63, 3.8) is 0 Å². The fourth-order valence-corrected chi connectivity index (χ4v) is 4.78. The van der Waals surface area contributed by atoms with Gasteiger partial charge in [0.1, 0.15) is 0 Å². The van der Waals surface area contributed by atoms with Gasteiger partial charge in [0.2, 0.25) is 0 Å². The zero-order valence-corrected chi connectivity index (χ0v) is 14.7. The summed E-state index contributed by atoms with van der Waals surface area (Å²) in [4.78, 5) is 14.1. The minimum absolute atomic E-state index is 0.166. The van der Waals surface area contributed by atoms with Crippen molar-refractivity contribution in [1.29, 1.82) is 0 Å². The first-order valence-corrected chi connectivity index (χ1v) is 8.82. The molecule has 0 spiro atoms. The van der Waals surface area contributed by atoms with Gasteiger partial charge in [0.15, 0.2) is 0 Å². The van der Waals surface area contributed by atoms with Crippen molar-refractivity contribution in [2.75, 3.05) is 0 Å². The minimum Gasteiger partial charge on any atom is -0.478 e. The number of carboxylic acids is 1. The number of carbonyl (C=O) groups is 1. The molecule has 1 aromatic carbocycles. The Hall–Kier alpha value is -1.65. The van der Waals surface area contributed by atoms with E-state index in [1.54, 1.807) is 11.3 Å². The van der Waals surface area contributed by atoms with E-state index in [0.717, 1.165) is 46.4 Å². The summed E-state index contributed by atoms with van der Waals surface area (Å²) in [6, 6.07) is 6.11. The Balaban J connectivity index is 2.24. The van der Waals surface area contributed by atoms with Gasteiger partial charge in [-0.3, -0.25) is 0 Å². The molecule has 23 heavy (non-hydrogen) atoms. The van der Waals surface area contributed by atoms with Crippen molar-refractivity contribution in [2.24, 2.45) is 11.1 Å². The fourth-order valence-electron chi connectivity index (χ4n) is 3.42. The number of benzene rings is 1. The summed E-state index contributed by atoms with van der Waals surface area (Å²) < 4.78 is 0. The zero-order chi connectivity index (χ0) is 16.8. The maximum atomic E-state index is 12.0. The van der Waals surface area contributed by atoms with E-state index in [-0.39, 0.29) is 5.41 Å². The Morgan fingerprint density at radius 3 is 2.78 bits per heavy atom.